The monoisotopic (exact) mass is 113 g/mol. The molecule has 3 nitrogen and oxygen atoms in total. The van der Waals surface area contributed by atoms with Crippen molar-refractivity contribution in [3.63, 3.8) is 0 Å². The zero-order chi connectivity index (χ0) is 5.21. The average molecular weight is 113 g/mol. The fourth-order valence-corrected chi connectivity index (χ4v) is 0. The fraction of sp³-hybridized carbons (Fsp3) is 1.00. The lowest BCUT2D eigenvalue weighted by Crippen LogP contribution is -1.89. The van der Waals surface area contributed by atoms with Crippen LogP contribution in [0.4, 0.5) is 4.53 Å². The predicted molar refractivity (Wildman–Crippen MR) is 19.0 cm³/mol. The van der Waals surface area contributed by atoms with Gasteiger partial charge >= 0.3 is 0 Å². The van der Waals surface area contributed by atoms with E-state index >= 15 is 0 Å². The first-order valence-electron chi connectivity index (χ1n) is 1.10. The van der Waals surface area contributed by atoms with Crippen LogP contribution in [0.15, 0.2) is 0 Å². The highest BCUT2D eigenvalue weighted by Gasteiger charge is 1.89. The van der Waals surface area contributed by atoms with Gasteiger partial charge in [0, 0.05) is 6.26 Å². The summed E-state index contributed by atoms with van der Waals surface area (Å²) >= 11 is 0. The molecule has 0 heterocycles. The minimum Gasteiger partial charge on any atom is -0.228 e. The van der Waals surface area contributed by atoms with Crippen LogP contribution >= 0.6 is 0 Å². The smallest absolute Gasteiger partial charge is 0.191 e. The summed E-state index contributed by atoms with van der Waals surface area (Å²) in [5.74, 6) is 0. The summed E-state index contributed by atoms with van der Waals surface area (Å²) in [7, 11) is -3.33. The van der Waals surface area contributed by atoms with E-state index in [-0.39, 0.29) is 0 Å². The molecule has 38 valence electrons. The van der Waals surface area contributed by atoms with E-state index in [4.69, 9.17) is 4.78 Å². The van der Waals surface area contributed by atoms with Crippen molar-refractivity contribution in [1.82, 2.24) is 0 Å². The SMILES string of the molecule is CS(=N)(=O)OF. The van der Waals surface area contributed by atoms with Crippen molar-refractivity contribution in [2.24, 2.45) is 0 Å². The van der Waals surface area contributed by atoms with Crippen molar-refractivity contribution in [2.45, 2.75) is 0 Å². The van der Waals surface area contributed by atoms with Crippen molar-refractivity contribution in [3.05, 3.63) is 0 Å². The third-order valence-electron chi connectivity index (χ3n) is 0.120. The van der Waals surface area contributed by atoms with Gasteiger partial charge < -0.3 is 0 Å². The van der Waals surface area contributed by atoms with Gasteiger partial charge in [-0.3, -0.25) is 0 Å². The molecule has 1 unspecified atom stereocenters. The Hall–Kier alpha value is -0.160. The summed E-state index contributed by atoms with van der Waals surface area (Å²) < 4.78 is 28.9. The van der Waals surface area contributed by atoms with Crippen molar-refractivity contribution >= 4 is 10.0 Å². The van der Waals surface area contributed by atoms with Crippen molar-refractivity contribution < 1.29 is 13.1 Å². The molecule has 0 spiro atoms. The summed E-state index contributed by atoms with van der Waals surface area (Å²) in [4.78, 5) is 0. The van der Waals surface area contributed by atoms with Crippen LogP contribution in [0.1, 0.15) is 0 Å². The van der Waals surface area contributed by atoms with E-state index in [1.165, 1.54) is 0 Å². The standard InChI is InChI=1S/CH4FNO2S/c1-6(3,4)5-2/h3H,1H3. The first kappa shape index (κ1) is 5.84. The van der Waals surface area contributed by atoms with Gasteiger partial charge in [-0.05, 0) is 4.53 Å². The molecular formula is CH4FNO2S. The van der Waals surface area contributed by atoms with Crippen LogP contribution in [0.25, 0.3) is 0 Å². The van der Waals surface area contributed by atoms with Gasteiger partial charge in [0.2, 0.25) is 0 Å². The number of hydrogen-bond acceptors (Lipinski definition) is 3. The maximum atomic E-state index is 10.5. The van der Waals surface area contributed by atoms with Gasteiger partial charge in [-0.1, -0.05) is 4.39 Å². The van der Waals surface area contributed by atoms with Gasteiger partial charge in [-0.15, -0.1) is 0 Å². The molecule has 0 amide bonds. The Morgan fingerprint density at radius 1 is 2.00 bits per heavy atom. The molecule has 0 aliphatic carbocycles. The Morgan fingerprint density at radius 3 is 2.17 bits per heavy atom. The van der Waals surface area contributed by atoms with Crippen LogP contribution in [0.3, 0.4) is 0 Å². The second-order valence-corrected chi connectivity index (χ2v) is 2.51. The highest BCUT2D eigenvalue weighted by atomic mass is 32.2. The molecule has 0 aliphatic rings. The van der Waals surface area contributed by atoms with Gasteiger partial charge in [0.05, 0.1) is 0 Å². The minimum absolute atomic E-state index is 0.840. The zero-order valence-electron chi connectivity index (χ0n) is 3.10. The molecule has 0 aromatic rings. The Kier molecular flexibility index (Phi) is 1.48. The lowest BCUT2D eigenvalue weighted by Gasteiger charge is -1.82. The Morgan fingerprint density at radius 2 is 2.17 bits per heavy atom. The Labute approximate surface area is 35.2 Å². The molecule has 0 rings (SSSR count). The van der Waals surface area contributed by atoms with Crippen LogP contribution in [0.2, 0.25) is 0 Å². The summed E-state index contributed by atoms with van der Waals surface area (Å²) in [6.07, 6.45) is 0.840. The number of hydrogen-bond donors (Lipinski definition) is 1. The van der Waals surface area contributed by atoms with Crippen LogP contribution in [0, 0.1) is 4.78 Å². The molecule has 0 saturated heterocycles. The van der Waals surface area contributed by atoms with Crippen LogP contribution in [-0.2, 0) is 14.4 Å². The van der Waals surface area contributed by atoms with E-state index in [1.807, 2.05) is 0 Å². The Bertz CT molecular complexity index is 116. The van der Waals surface area contributed by atoms with Gasteiger partial charge in [0.25, 0.3) is 0 Å². The number of nitrogens with one attached hydrogen (secondary N) is 1. The van der Waals surface area contributed by atoms with Gasteiger partial charge in [-0.25, -0.2) is 8.99 Å². The van der Waals surface area contributed by atoms with Gasteiger partial charge in [0.1, 0.15) is 0 Å². The number of rotatable bonds is 1. The largest absolute Gasteiger partial charge is 0.228 e. The predicted octanol–water partition coefficient (Wildman–Crippen LogP) is 0.479. The maximum Gasteiger partial charge on any atom is 0.191 e. The van der Waals surface area contributed by atoms with E-state index < -0.39 is 10.0 Å². The lowest BCUT2D eigenvalue weighted by molar-refractivity contribution is 0.00970. The molecule has 1 N–H and O–H groups in total. The molecule has 6 heavy (non-hydrogen) atoms. The highest BCUT2D eigenvalue weighted by molar-refractivity contribution is 7.86. The van der Waals surface area contributed by atoms with Crippen molar-refractivity contribution in [2.75, 3.05) is 6.26 Å². The van der Waals surface area contributed by atoms with Crippen LogP contribution in [-0.4, -0.2) is 10.5 Å². The van der Waals surface area contributed by atoms with Crippen LogP contribution < -0.4 is 0 Å². The van der Waals surface area contributed by atoms with E-state index in [2.05, 4.69) is 4.39 Å². The fourth-order valence-electron chi connectivity index (χ4n) is 0. The molecule has 0 aliphatic heterocycles. The second kappa shape index (κ2) is 1.53. The summed E-state index contributed by atoms with van der Waals surface area (Å²) in [6.45, 7) is 0. The van der Waals surface area contributed by atoms with Gasteiger partial charge in [0.15, 0.2) is 10.0 Å². The van der Waals surface area contributed by atoms with Crippen molar-refractivity contribution in [3.8, 4) is 0 Å². The van der Waals surface area contributed by atoms with Gasteiger partial charge in [-0.2, -0.15) is 0 Å². The summed E-state index contributed by atoms with van der Waals surface area (Å²) in [5, 5.41) is 0. The maximum absolute atomic E-state index is 10.5. The first-order valence-corrected chi connectivity index (χ1v) is 2.99. The normalized spacial score (nSPS) is 19.7. The lowest BCUT2D eigenvalue weighted by atomic mass is 12.0. The highest BCUT2D eigenvalue weighted by Crippen LogP contribution is 1.84. The quantitative estimate of drug-likeness (QED) is 0.537. The zero-order valence-corrected chi connectivity index (χ0v) is 3.92. The molecule has 0 aromatic heterocycles. The molecule has 0 aromatic carbocycles. The van der Waals surface area contributed by atoms with E-state index in [0.29, 0.717) is 0 Å². The second-order valence-electron chi connectivity index (χ2n) is 0.835. The van der Waals surface area contributed by atoms with Crippen LogP contribution in [0.5, 0.6) is 0 Å². The van der Waals surface area contributed by atoms with E-state index in [1.54, 1.807) is 0 Å². The summed E-state index contributed by atoms with van der Waals surface area (Å²) in [5.41, 5.74) is 0. The van der Waals surface area contributed by atoms with E-state index in [0.717, 1.165) is 6.26 Å². The summed E-state index contributed by atoms with van der Waals surface area (Å²) in [6, 6.07) is 0. The molecule has 1 atom stereocenters. The topological polar surface area (TPSA) is 50.2 Å². The average Bonchev–Trinajstić information content (AvgIpc) is 1.35. The molecule has 0 radical (unpaired) electrons. The van der Waals surface area contributed by atoms with Crippen molar-refractivity contribution in [1.29, 1.82) is 4.78 Å². The molecule has 0 bridgehead atoms. The third kappa shape index (κ3) is 3.84. The third-order valence-corrected chi connectivity index (χ3v) is 0.361. The molecule has 0 saturated carbocycles. The number of halogens is 1. The van der Waals surface area contributed by atoms with E-state index in [9.17, 15) is 8.74 Å². The minimum atomic E-state index is -3.33. The Balaban J connectivity index is 3.85. The molecular weight excluding hydrogens is 109 g/mol. The first-order chi connectivity index (χ1) is 2.56. The molecule has 0 fully saturated rings. The molecule has 5 heteroatoms.